The summed E-state index contributed by atoms with van der Waals surface area (Å²) in [5.41, 5.74) is 3.02. The number of ketones is 1. The third-order valence-corrected chi connectivity index (χ3v) is 7.54. The monoisotopic (exact) mass is 596 g/mol. The average molecular weight is 597 g/mol. The van der Waals surface area contributed by atoms with Crippen LogP contribution in [0.2, 0.25) is 5.02 Å². The summed E-state index contributed by atoms with van der Waals surface area (Å²) in [6.45, 7) is 0.938. The van der Waals surface area contributed by atoms with Crippen LogP contribution < -0.4 is 15.0 Å². The van der Waals surface area contributed by atoms with Gasteiger partial charge in [0, 0.05) is 46.4 Å². The molecule has 1 aliphatic carbocycles. The van der Waals surface area contributed by atoms with Gasteiger partial charge in [0.15, 0.2) is 5.78 Å². The molecule has 0 spiro atoms. The first kappa shape index (κ1) is 29.9. The Morgan fingerprint density at radius 1 is 0.907 bits per heavy atom. The molecule has 0 aromatic heterocycles. The van der Waals surface area contributed by atoms with Crippen molar-refractivity contribution >= 4 is 40.6 Å². The molecule has 2 N–H and O–H groups in total. The highest BCUT2D eigenvalue weighted by molar-refractivity contribution is 6.31. The Kier molecular flexibility index (Phi) is 9.74. The van der Waals surface area contributed by atoms with Crippen LogP contribution in [0.5, 0.6) is 5.75 Å². The first-order valence-electron chi connectivity index (χ1n) is 14.4. The number of hydrogen-bond donors (Lipinski definition) is 2. The van der Waals surface area contributed by atoms with E-state index in [1.54, 1.807) is 65.6 Å². The number of benzene rings is 4. The highest BCUT2D eigenvalue weighted by Crippen LogP contribution is 2.33. The number of halogens is 1. The van der Waals surface area contributed by atoms with Crippen molar-refractivity contribution in [2.45, 2.75) is 31.7 Å². The molecule has 4 aromatic carbocycles. The number of nitrogens with zero attached hydrogens (tertiary/aromatic N) is 1. The van der Waals surface area contributed by atoms with Crippen molar-refractivity contribution in [1.29, 1.82) is 0 Å². The number of carboxylic acids is 1. The van der Waals surface area contributed by atoms with Gasteiger partial charge >= 0.3 is 5.97 Å². The Labute approximate surface area is 256 Å². The van der Waals surface area contributed by atoms with E-state index in [9.17, 15) is 19.5 Å². The van der Waals surface area contributed by atoms with Gasteiger partial charge in [0.25, 0.3) is 0 Å². The predicted octanol–water partition coefficient (Wildman–Crippen LogP) is 6.89. The molecule has 4 aromatic rings. The van der Waals surface area contributed by atoms with E-state index in [-0.39, 0.29) is 24.0 Å². The van der Waals surface area contributed by atoms with Gasteiger partial charge in [-0.15, -0.1) is 0 Å². The third-order valence-electron chi connectivity index (χ3n) is 7.31. The fraction of sp³-hybridized carbons (Fsp3) is 0.229. The minimum absolute atomic E-state index is 0.0920. The Hall–Kier alpha value is -4.62. The van der Waals surface area contributed by atoms with Crippen LogP contribution in [0.25, 0.3) is 0 Å². The first-order chi connectivity index (χ1) is 20.9. The Morgan fingerprint density at radius 3 is 2.33 bits per heavy atom. The van der Waals surface area contributed by atoms with Crippen LogP contribution >= 0.6 is 11.6 Å². The van der Waals surface area contributed by atoms with Crippen LogP contribution in [0, 0.1) is 5.92 Å². The van der Waals surface area contributed by atoms with Gasteiger partial charge in [0.2, 0.25) is 5.91 Å². The number of aliphatic carboxylic acids is 1. The fourth-order valence-electron chi connectivity index (χ4n) is 4.87. The van der Waals surface area contributed by atoms with E-state index in [4.69, 9.17) is 16.3 Å². The molecule has 220 valence electrons. The van der Waals surface area contributed by atoms with E-state index >= 15 is 0 Å². The zero-order valence-electron chi connectivity index (χ0n) is 23.6. The zero-order valence-corrected chi connectivity index (χ0v) is 24.4. The van der Waals surface area contributed by atoms with Crippen LogP contribution in [0.15, 0.2) is 103 Å². The van der Waals surface area contributed by atoms with E-state index in [0.717, 1.165) is 24.1 Å². The molecule has 7 nitrogen and oxygen atoms in total. The molecule has 0 bridgehead atoms. The molecule has 0 saturated heterocycles. The number of ether oxygens (including phenoxy) is 1. The second kappa shape index (κ2) is 14.0. The number of carboxylic acid groups (broad SMARTS) is 1. The maximum atomic E-state index is 13.1. The normalized spacial score (nSPS) is 13.1. The third kappa shape index (κ3) is 8.02. The number of nitrogens with one attached hydrogen (secondary N) is 1. The lowest BCUT2D eigenvalue weighted by Gasteiger charge is -2.23. The molecule has 8 heteroatoms. The summed E-state index contributed by atoms with van der Waals surface area (Å²) in [6, 6.07) is 29.5. The molecule has 1 fully saturated rings. The summed E-state index contributed by atoms with van der Waals surface area (Å²) in [7, 11) is 0. The predicted molar refractivity (Wildman–Crippen MR) is 168 cm³/mol. The number of anilines is 2. The molecule has 0 radical (unpaired) electrons. The molecule has 43 heavy (non-hydrogen) atoms. The van der Waals surface area contributed by atoms with Crippen LogP contribution in [-0.4, -0.2) is 42.0 Å². The van der Waals surface area contributed by atoms with Crippen molar-refractivity contribution < 1.29 is 24.2 Å². The Morgan fingerprint density at radius 2 is 1.63 bits per heavy atom. The lowest BCUT2D eigenvalue weighted by Crippen LogP contribution is -2.33. The smallest absolute Gasteiger partial charge is 0.326 e. The minimum atomic E-state index is -1.02. The first-order valence-corrected chi connectivity index (χ1v) is 14.7. The molecule has 0 unspecified atom stereocenters. The SMILES string of the molecule is O=C(c1ccccc1)c1ccccc1N[C@@H](Cc1ccc(OCCCN(C(=O)C2CC2)c2cccc(Cl)c2)cc1)C(=O)O. The van der Waals surface area contributed by atoms with E-state index in [0.29, 0.717) is 47.2 Å². The highest BCUT2D eigenvalue weighted by atomic mass is 35.5. The number of carbonyl (C=O) groups excluding carboxylic acids is 2. The van der Waals surface area contributed by atoms with Gasteiger partial charge in [-0.3, -0.25) is 9.59 Å². The molecule has 1 amide bonds. The molecule has 5 rings (SSSR count). The second-order valence-corrected chi connectivity index (χ2v) is 11.0. The van der Waals surface area contributed by atoms with Crippen LogP contribution in [-0.2, 0) is 16.0 Å². The largest absolute Gasteiger partial charge is 0.494 e. The van der Waals surface area contributed by atoms with E-state index < -0.39 is 12.0 Å². The van der Waals surface area contributed by atoms with Gasteiger partial charge in [-0.2, -0.15) is 0 Å². The van der Waals surface area contributed by atoms with Crippen LogP contribution in [0.1, 0.15) is 40.7 Å². The van der Waals surface area contributed by atoms with E-state index in [2.05, 4.69) is 5.32 Å². The standard InChI is InChI=1S/C35H33ClN2O5/c36-27-10-6-11-28(23-27)38(34(40)26-16-17-26)20-7-21-43-29-18-14-24(15-19-29)22-32(35(41)42)37-31-13-5-4-12-30(31)33(39)25-8-2-1-3-9-25/h1-6,8-15,18-19,23,26,32,37H,7,16-17,20-22H2,(H,41,42)/t32-/m0/s1. The summed E-state index contributed by atoms with van der Waals surface area (Å²) < 4.78 is 5.93. The second-order valence-electron chi connectivity index (χ2n) is 10.6. The molecule has 0 aliphatic heterocycles. The number of para-hydroxylation sites is 1. The Balaban J connectivity index is 1.17. The van der Waals surface area contributed by atoms with Crippen molar-refractivity contribution in [2.24, 2.45) is 5.92 Å². The van der Waals surface area contributed by atoms with Gasteiger partial charge in [-0.25, -0.2) is 4.79 Å². The average Bonchev–Trinajstić information content (AvgIpc) is 3.87. The van der Waals surface area contributed by atoms with Gasteiger partial charge in [0.1, 0.15) is 11.8 Å². The van der Waals surface area contributed by atoms with Crippen molar-refractivity contribution in [3.63, 3.8) is 0 Å². The van der Waals surface area contributed by atoms with Crippen LogP contribution in [0.3, 0.4) is 0 Å². The van der Waals surface area contributed by atoms with Gasteiger partial charge < -0.3 is 20.1 Å². The van der Waals surface area contributed by atoms with Crippen molar-refractivity contribution in [3.8, 4) is 5.75 Å². The highest BCUT2D eigenvalue weighted by Gasteiger charge is 2.34. The van der Waals surface area contributed by atoms with Crippen LogP contribution in [0.4, 0.5) is 11.4 Å². The number of carbonyl (C=O) groups is 3. The fourth-order valence-corrected chi connectivity index (χ4v) is 5.06. The lowest BCUT2D eigenvalue weighted by molar-refractivity contribution is -0.137. The molecule has 1 atom stereocenters. The topological polar surface area (TPSA) is 95.9 Å². The molecular formula is C35H33ClN2O5. The van der Waals surface area contributed by atoms with Gasteiger partial charge in [0.05, 0.1) is 6.61 Å². The number of rotatable bonds is 14. The minimum Gasteiger partial charge on any atom is -0.494 e. The van der Waals surface area contributed by atoms with Gasteiger partial charge in [-0.1, -0.05) is 72.3 Å². The maximum absolute atomic E-state index is 13.1. The van der Waals surface area contributed by atoms with Crippen molar-refractivity contribution in [2.75, 3.05) is 23.4 Å². The summed E-state index contributed by atoms with van der Waals surface area (Å²) in [4.78, 5) is 39.9. The Bertz CT molecular complexity index is 1570. The lowest BCUT2D eigenvalue weighted by atomic mass is 10.00. The van der Waals surface area contributed by atoms with Crippen molar-refractivity contribution in [3.05, 3.63) is 125 Å². The van der Waals surface area contributed by atoms with E-state index in [1.165, 1.54) is 0 Å². The summed E-state index contributed by atoms with van der Waals surface area (Å²) in [5.74, 6) is -0.325. The van der Waals surface area contributed by atoms with E-state index in [1.807, 2.05) is 42.5 Å². The quantitative estimate of drug-likeness (QED) is 0.122. The molecule has 1 aliphatic rings. The molecular weight excluding hydrogens is 564 g/mol. The summed E-state index contributed by atoms with van der Waals surface area (Å²) in [5, 5.41) is 13.6. The zero-order chi connectivity index (χ0) is 30.2. The summed E-state index contributed by atoms with van der Waals surface area (Å²) in [6.07, 6.45) is 2.70. The summed E-state index contributed by atoms with van der Waals surface area (Å²) >= 11 is 6.16. The van der Waals surface area contributed by atoms with Gasteiger partial charge in [-0.05, 0) is 67.3 Å². The number of amides is 1. The number of hydrogen-bond acceptors (Lipinski definition) is 5. The molecule has 0 heterocycles. The maximum Gasteiger partial charge on any atom is 0.326 e. The van der Waals surface area contributed by atoms with Crippen molar-refractivity contribution in [1.82, 2.24) is 0 Å². The molecule has 1 saturated carbocycles.